The fourth-order valence-corrected chi connectivity index (χ4v) is 4.97. The molecule has 3 atom stereocenters. The number of benzene rings is 1. The highest BCUT2D eigenvalue weighted by Crippen LogP contribution is 2.32. The largest absolute Gasteiger partial charge is 0.495 e. The Bertz CT molecular complexity index is 1430. The second-order valence-corrected chi connectivity index (χ2v) is 12.6. The van der Waals surface area contributed by atoms with Crippen LogP contribution in [-0.2, 0) is 14.6 Å². The number of alkyl halides is 2. The summed E-state index contributed by atoms with van der Waals surface area (Å²) in [7, 11) is -1.89. The van der Waals surface area contributed by atoms with Crippen LogP contribution in [-0.4, -0.2) is 63.1 Å². The molecule has 0 radical (unpaired) electrons. The number of hydrogen-bond donors (Lipinski definition) is 5. The van der Waals surface area contributed by atoms with E-state index in [1.54, 1.807) is 18.2 Å². The molecular formula is C26H30F2N6O4S2. The van der Waals surface area contributed by atoms with E-state index in [-0.39, 0.29) is 28.0 Å². The van der Waals surface area contributed by atoms with Crippen LogP contribution < -0.4 is 27.2 Å². The molecule has 3 unspecified atom stereocenters. The first-order chi connectivity index (χ1) is 19.0. The minimum atomic E-state index is -3.29. The number of amides is 1. The number of sulfone groups is 1. The molecule has 1 saturated heterocycles. The Morgan fingerprint density at radius 2 is 2.10 bits per heavy atom. The summed E-state index contributed by atoms with van der Waals surface area (Å²) in [6, 6.07) is 3.44. The monoisotopic (exact) mass is 592 g/mol. The van der Waals surface area contributed by atoms with Gasteiger partial charge in [0.2, 0.25) is 0 Å². The van der Waals surface area contributed by atoms with Crippen molar-refractivity contribution >= 4 is 45.0 Å². The number of ether oxygens (including phenoxy) is 1. The Balaban J connectivity index is 1.63. The van der Waals surface area contributed by atoms with Gasteiger partial charge in [0.15, 0.2) is 9.84 Å². The first-order valence-corrected chi connectivity index (χ1v) is 15.3. The van der Waals surface area contributed by atoms with Gasteiger partial charge in [-0.3, -0.25) is 9.79 Å². The molecule has 0 aromatic heterocycles. The molecule has 1 saturated carbocycles. The molecule has 0 spiro atoms. The van der Waals surface area contributed by atoms with Gasteiger partial charge in [0.25, 0.3) is 12.3 Å². The van der Waals surface area contributed by atoms with Gasteiger partial charge >= 0.3 is 0 Å². The van der Waals surface area contributed by atoms with Crippen molar-refractivity contribution in [2.45, 2.75) is 36.2 Å². The van der Waals surface area contributed by atoms with Crippen molar-refractivity contribution in [1.29, 1.82) is 0 Å². The van der Waals surface area contributed by atoms with Gasteiger partial charge in [-0.1, -0.05) is 29.7 Å². The first-order valence-electron chi connectivity index (χ1n) is 12.3. The average molecular weight is 593 g/mol. The number of carbonyl (C=O) groups excluding carboxylic acids is 1. The number of methoxy groups -OCH3 is 1. The maximum Gasteiger partial charge on any atom is 0.261 e. The Labute approximate surface area is 235 Å². The van der Waals surface area contributed by atoms with Gasteiger partial charge in [-0.2, -0.15) is 0 Å². The number of carbonyl (C=O) groups is 1. The minimum absolute atomic E-state index is 0.191. The van der Waals surface area contributed by atoms with Gasteiger partial charge < -0.3 is 21.1 Å². The maximum absolute atomic E-state index is 13.6. The molecular weight excluding hydrogens is 562 g/mol. The highest BCUT2D eigenvalue weighted by atomic mass is 32.2. The Kier molecular flexibility index (Phi) is 9.52. The van der Waals surface area contributed by atoms with Crippen LogP contribution in [0.15, 0.2) is 47.3 Å². The summed E-state index contributed by atoms with van der Waals surface area (Å²) in [5.74, 6) is 6.18. The Hall–Kier alpha value is -3.38. The summed E-state index contributed by atoms with van der Waals surface area (Å²) < 4.78 is 55.3. The van der Waals surface area contributed by atoms with E-state index in [4.69, 9.17) is 10.5 Å². The third-order valence-corrected chi connectivity index (χ3v) is 7.58. The van der Waals surface area contributed by atoms with E-state index in [0.717, 1.165) is 19.1 Å². The molecule has 14 heteroatoms. The molecule has 6 N–H and O–H groups in total. The summed E-state index contributed by atoms with van der Waals surface area (Å²) in [4.78, 5) is 17.3. The number of dihydropyridines is 1. The van der Waals surface area contributed by atoms with Gasteiger partial charge in [0, 0.05) is 41.4 Å². The van der Waals surface area contributed by atoms with Crippen LogP contribution in [0.4, 0.5) is 8.78 Å². The van der Waals surface area contributed by atoms with E-state index in [2.05, 4.69) is 38.3 Å². The lowest BCUT2D eigenvalue weighted by Gasteiger charge is -2.24. The topological polar surface area (TPSA) is 147 Å². The number of hydrazine groups is 1. The molecule has 2 aliphatic heterocycles. The van der Waals surface area contributed by atoms with Crippen LogP contribution in [0.25, 0.3) is 11.3 Å². The highest BCUT2D eigenvalue weighted by molar-refractivity contribution is 8.00. The third kappa shape index (κ3) is 8.07. The van der Waals surface area contributed by atoms with Crippen molar-refractivity contribution in [3.8, 4) is 11.8 Å². The van der Waals surface area contributed by atoms with Crippen LogP contribution in [0, 0.1) is 17.8 Å². The molecule has 1 amide bonds. The number of aliphatic imine (C=N–C) groups is 1. The Morgan fingerprint density at radius 1 is 1.32 bits per heavy atom. The summed E-state index contributed by atoms with van der Waals surface area (Å²) in [6.45, 7) is 0. The van der Waals surface area contributed by atoms with Crippen molar-refractivity contribution in [1.82, 2.24) is 21.5 Å². The fraction of sp³-hybridized carbons (Fsp3) is 0.385. The number of nitrogens with one attached hydrogen (secondary N) is 4. The summed E-state index contributed by atoms with van der Waals surface area (Å²) in [5.41, 5.74) is 13.3. The van der Waals surface area contributed by atoms with Gasteiger partial charge in [0.05, 0.1) is 7.11 Å². The molecule has 1 aromatic rings. The number of thioether (sulfide) groups is 1. The lowest BCUT2D eigenvalue weighted by molar-refractivity contribution is 0.0944. The van der Waals surface area contributed by atoms with Crippen molar-refractivity contribution in [3.63, 3.8) is 0 Å². The van der Waals surface area contributed by atoms with Crippen LogP contribution >= 0.6 is 11.8 Å². The molecule has 214 valence electrons. The minimum Gasteiger partial charge on any atom is -0.495 e. The second-order valence-electron chi connectivity index (χ2n) is 9.31. The van der Waals surface area contributed by atoms with E-state index in [1.165, 1.54) is 43.4 Å². The molecule has 10 nitrogen and oxygen atoms in total. The number of allylic oxidation sites excluding steroid dienone is 2. The quantitative estimate of drug-likeness (QED) is 0.214. The predicted octanol–water partition coefficient (Wildman–Crippen LogP) is 1.76. The van der Waals surface area contributed by atoms with Crippen molar-refractivity contribution < 1.29 is 26.7 Å². The SMILES string of the molecule is COC1=CNC(C(F)F)C=C1c1cc(/C(N)=C/C=N/CS(C)(=O)=O)ccc1C(=O)NC1NNC(C#CC2CC2)S1. The van der Waals surface area contributed by atoms with Crippen molar-refractivity contribution in [2.75, 3.05) is 19.2 Å². The Morgan fingerprint density at radius 3 is 2.77 bits per heavy atom. The zero-order valence-electron chi connectivity index (χ0n) is 21.8. The van der Waals surface area contributed by atoms with E-state index in [1.807, 2.05) is 0 Å². The normalized spacial score (nSPS) is 23.2. The number of nitrogens with zero attached hydrogens (tertiary/aromatic N) is 1. The lowest BCUT2D eigenvalue weighted by atomic mass is 9.92. The molecule has 1 aromatic carbocycles. The third-order valence-electron chi connectivity index (χ3n) is 5.94. The van der Waals surface area contributed by atoms with E-state index < -0.39 is 39.6 Å². The summed E-state index contributed by atoms with van der Waals surface area (Å²) in [6.07, 6.45) is 5.90. The number of hydrogen-bond acceptors (Lipinski definition) is 10. The molecule has 1 aliphatic carbocycles. The number of nitrogens with two attached hydrogens (primary N) is 1. The van der Waals surface area contributed by atoms with Crippen molar-refractivity contribution in [3.05, 3.63) is 59.0 Å². The molecule has 40 heavy (non-hydrogen) atoms. The van der Waals surface area contributed by atoms with Crippen LogP contribution in [0.3, 0.4) is 0 Å². The van der Waals surface area contributed by atoms with E-state index >= 15 is 0 Å². The standard InChI is InChI=1S/C26H30F2N6O4S2/c1-38-22-13-31-21(24(27)28)12-19(22)18-11-16(20(29)9-10-30-14-40(2,36)37)6-7-17(18)25(35)32-26-34-33-23(39-26)8-5-15-3-4-15/h6-7,9-13,15,21,23-24,26,31,33-34H,3-4,14,29H2,1-2H3,(H,32,35)/b20-9-,30-10+. The van der Waals surface area contributed by atoms with Crippen LogP contribution in [0.5, 0.6) is 0 Å². The lowest BCUT2D eigenvalue weighted by Crippen LogP contribution is -2.43. The molecule has 2 fully saturated rings. The zero-order valence-corrected chi connectivity index (χ0v) is 23.4. The molecule has 3 aliphatic rings. The van der Waals surface area contributed by atoms with E-state index in [0.29, 0.717) is 17.0 Å². The number of halogens is 2. The smallest absolute Gasteiger partial charge is 0.261 e. The average Bonchev–Trinajstić information content (AvgIpc) is 3.65. The van der Waals surface area contributed by atoms with Crippen LogP contribution in [0.2, 0.25) is 0 Å². The summed E-state index contributed by atoms with van der Waals surface area (Å²) >= 11 is 1.40. The van der Waals surface area contributed by atoms with Gasteiger partial charge in [0.1, 0.15) is 28.5 Å². The van der Waals surface area contributed by atoms with Crippen molar-refractivity contribution in [2.24, 2.45) is 16.6 Å². The first kappa shape index (κ1) is 29.6. The maximum atomic E-state index is 13.6. The second kappa shape index (κ2) is 12.9. The fourth-order valence-electron chi connectivity index (χ4n) is 3.76. The molecule has 0 bridgehead atoms. The van der Waals surface area contributed by atoms with Crippen LogP contribution in [0.1, 0.15) is 34.3 Å². The number of rotatable bonds is 9. The van der Waals surface area contributed by atoms with Gasteiger partial charge in [-0.05, 0) is 48.3 Å². The highest BCUT2D eigenvalue weighted by Gasteiger charge is 2.29. The van der Waals surface area contributed by atoms with Gasteiger partial charge in [-0.15, -0.1) is 0 Å². The predicted molar refractivity (Wildman–Crippen MR) is 152 cm³/mol. The summed E-state index contributed by atoms with van der Waals surface area (Å²) in [5, 5.41) is 5.28. The van der Waals surface area contributed by atoms with Gasteiger partial charge in [-0.25, -0.2) is 28.1 Å². The zero-order chi connectivity index (χ0) is 28.9. The molecule has 2 heterocycles. The molecule has 4 rings (SSSR count). The van der Waals surface area contributed by atoms with E-state index in [9.17, 15) is 22.0 Å².